The standard InChI is InChI=1S/C20H26N2O3S/c23-19(21-16-6-4-2-1-3-5-7-16)15-8-10-17(11-9-15)22-20(24)18-14-26-13-12-25-18/h8-11,14,16H,1-7,12-13H2,(H,21,23)(H,22,24). The van der Waals surface area contributed by atoms with Gasteiger partial charge in [-0.3, -0.25) is 9.59 Å². The molecule has 0 unspecified atom stereocenters. The molecule has 1 aromatic rings. The summed E-state index contributed by atoms with van der Waals surface area (Å²) in [6.07, 6.45) is 8.34. The van der Waals surface area contributed by atoms with Crippen LogP contribution in [-0.2, 0) is 9.53 Å². The molecule has 0 radical (unpaired) electrons. The number of anilines is 1. The summed E-state index contributed by atoms with van der Waals surface area (Å²) >= 11 is 1.57. The molecule has 26 heavy (non-hydrogen) atoms. The summed E-state index contributed by atoms with van der Waals surface area (Å²) in [6, 6.07) is 7.27. The minimum atomic E-state index is -0.260. The van der Waals surface area contributed by atoms with E-state index in [1.165, 1.54) is 32.1 Å². The summed E-state index contributed by atoms with van der Waals surface area (Å²) < 4.78 is 5.34. The Labute approximate surface area is 158 Å². The van der Waals surface area contributed by atoms with Crippen molar-refractivity contribution in [1.82, 2.24) is 5.32 Å². The smallest absolute Gasteiger partial charge is 0.291 e. The lowest BCUT2D eigenvalue weighted by atomic mass is 9.96. The van der Waals surface area contributed by atoms with Crippen molar-refractivity contribution >= 4 is 29.3 Å². The van der Waals surface area contributed by atoms with Crippen molar-refractivity contribution in [3.8, 4) is 0 Å². The second-order valence-electron chi connectivity index (χ2n) is 6.75. The topological polar surface area (TPSA) is 67.4 Å². The Balaban J connectivity index is 1.53. The molecule has 3 rings (SSSR count). The van der Waals surface area contributed by atoms with E-state index in [4.69, 9.17) is 4.74 Å². The maximum Gasteiger partial charge on any atom is 0.291 e. The summed E-state index contributed by atoms with van der Waals surface area (Å²) in [6.45, 7) is 0.546. The summed E-state index contributed by atoms with van der Waals surface area (Å²) in [4.78, 5) is 24.6. The van der Waals surface area contributed by atoms with Gasteiger partial charge in [0.2, 0.25) is 0 Å². The van der Waals surface area contributed by atoms with Gasteiger partial charge in [-0.25, -0.2) is 0 Å². The van der Waals surface area contributed by atoms with Crippen molar-refractivity contribution in [2.24, 2.45) is 0 Å². The quantitative estimate of drug-likeness (QED) is 0.834. The molecule has 1 aromatic carbocycles. The van der Waals surface area contributed by atoms with Gasteiger partial charge in [0.05, 0.1) is 6.61 Å². The van der Waals surface area contributed by atoms with Crippen LogP contribution in [0.15, 0.2) is 35.4 Å². The first-order chi connectivity index (χ1) is 12.7. The lowest BCUT2D eigenvalue weighted by Gasteiger charge is -2.21. The number of thioether (sulfide) groups is 1. The predicted molar refractivity (Wildman–Crippen MR) is 105 cm³/mol. The van der Waals surface area contributed by atoms with Crippen molar-refractivity contribution in [3.05, 3.63) is 41.0 Å². The van der Waals surface area contributed by atoms with Crippen LogP contribution in [-0.4, -0.2) is 30.2 Å². The van der Waals surface area contributed by atoms with Crippen LogP contribution in [0, 0.1) is 0 Å². The Bertz CT molecular complexity index is 650. The number of nitrogens with one attached hydrogen (secondary N) is 2. The van der Waals surface area contributed by atoms with Gasteiger partial charge in [-0.2, -0.15) is 0 Å². The molecule has 0 aromatic heterocycles. The first-order valence-corrected chi connectivity index (χ1v) is 10.4. The molecule has 2 aliphatic rings. The van der Waals surface area contributed by atoms with Crippen molar-refractivity contribution in [1.29, 1.82) is 0 Å². The molecule has 1 fully saturated rings. The molecule has 1 heterocycles. The minimum Gasteiger partial charge on any atom is -0.487 e. The Kier molecular flexibility index (Phi) is 7.00. The first-order valence-electron chi connectivity index (χ1n) is 9.39. The van der Waals surface area contributed by atoms with Crippen LogP contribution in [0.3, 0.4) is 0 Å². The Morgan fingerprint density at radius 3 is 2.31 bits per heavy atom. The molecule has 0 atom stereocenters. The van der Waals surface area contributed by atoms with Gasteiger partial charge in [-0.15, -0.1) is 11.8 Å². The van der Waals surface area contributed by atoms with Gasteiger partial charge in [0.15, 0.2) is 5.76 Å². The molecule has 140 valence electrons. The van der Waals surface area contributed by atoms with Crippen LogP contribution in [0.4, 0.5) is 5.69 Å². The lowest BCUT2D eigenvalue weighted by molar-refractivity contribution is -0.116. The number of carbonyl (C=O) groups excluding carboxylic acids is 2. The molecule has 5 nitrogen and oxygen atoms in total. The average molecular weight is 375 g/mol. The molecule has 1 aliphatic heterocycles. The molecular formula is C20H26N2O3S. The van der Waals surface area contributed by atoms with E-state index in [1.807, 2.05) is 0 Å². The van der Waals surface area contributed by atoms with Gasteiger partial charge < -0.3 is 15.4 Å². The molecule has 2 N–H and O–H groups in total. The Morgan fingerprint density at radius 1 is 0.962 bits per heavy atom. The zero-order chi connectivity index (χ0) is 18.2. The summed E-state index contributed by atoms with van der Waals surface area (Å²) in [5.74, 6) is 0.904. The van der Waals surface area contributed by atoms with E-state index < -0.39 is 0 Å². The summed E-state index contributed by atoms with van der Waals surface area (Å²) in [5.41, 5.74) is 1.27. The highest BCUT2D eigenvalue weighted by molar-refractivity contribution is 8.02. The van der Waals surface area contributed by atoms with Gasteiger partial charge in [0, 0.05) is 28.5 Å². The van der Waals surface area contributed by atoms with Gasteiger partial charge in [-0.05, 0) is 37.1 Å². The third kappa shape index (κ3) is 5.53. The molecule has 0 bridgehead atoms. The summed E-state index contributed by atoms with van der Waals surface area (Å²) in [5, 5.41) is 7.69. The number of carbonyl (C=O) groups is 2. The molecule has 2 amide bonds. The number of benzene rings is 1. The average Bonchev–Trinajstić information content (AvgIpc) is 2.65. The van der Waals surface area contributed by atoms with Gasteiger partial charge >= 0.3 is 0 Å². The van der Waals surface area contributed by atoms with E-state index in [2.05, 4.69) is 10.6 Å². The Hall–Kier alpha value is -1.95. The maximum absolute atomic E-state index is 12.5. The largest absolute Gasteiger partial charge is 0.487 e. The normalized spacial score (nSPS) is 18.7. The van der Waals surface area contributed by atoms with E-state index in [0.29, 0.717) is 23.6 Å². The fraction of sp³-hybridized carbons (Fsp3) is 0.500. The number of rotatable bonds is 4. The zero-order valence-corrected chi connectivity index (χ0v) is 15.8. The molecular weight excluding hydrogens is 348 g/mol. The molecule has 0 saturated heterocycles. The van der Waals surface area contributed by atoms with E-state index in [9.17, 15) is 9.59 Å². The second kappa shape index (κ2) is 9.67. The van der Waals surface area contributed by atoms with Crippen LogP contribution in [0.25, 0.3) is 0 Å². The zero-order valence-electron chi connectivity index (χ0n) is 15.0. The van der Waals surface area contributed by atoms with Crippen molar-refractivity contribution in [2.45, 2.75) is 51.0 Å². The van der Waals surface area contributed by atoms with E-state index in [0.717, 1.165) is 18.6 Å². The highest BCUT2D eigenvalue weighted by Crippen LogP contribution is 2.19. The fourth-order valence-corrected chi connectivity index (χ4v) is 3.88. The number of amides is 2. The second-order valence-corrected chi connectivity index (χ2v) is 7.73. The van der Waals surface area contributed by atoms with Crippen LogP contribution in [0.2, 0.25) is 0 Å². The Morgan fingerprint density at radius 2 is 1.65 bits per heavy atom. The number of hydrogen-bond acceptors (Lipinski definition) is 4. The highest BCUT2D eigenvalue weighted by atomic mass is 32.2. The fourth-order valence-electron chi connectivity index (χ4n) is 3.25. The van der Waals surface area contributed by atoms with Crippen LogP contribution in [0.1, 0.15) is 55.3 Å². The lowest BCUT2D eigenvalue weighted by Crippen LogP contribution is -2.35. The molecule has 0 spiro atoms. The number of hydrogen-bond donors (Lipinski definition) is 2. The SMILES string of the molecule is O=C(Nc1ccc(C(=O)NC2CCCCCCC2)cc1)C1=CSCCO1. The van der Waals surface area contributed by atoms with Crippen molar-refractivity contribution in [3.63, 3.8) is 0 Å². The number of ether oxygens (including phenoxy) is 1. The van der Waals surface area contributed by atoms with Crippen LogP contribution >= 0.6 is 11.8 Å². The van der Waals surface area contributed by atoms with Crippen LogP contribution in [0.5, 0.6) is 0 Å². The van der Waals surface area contributed by atoms with Gasteiger partial charge in [0.1, 0.15) is 0 Å². The van der Waals surface area contributed by atoms with Crippen molar-refractivity contribution < 1.29 is 14.3 Å². The van der Waals surface area contributed by atoms with Crippen molar-refractivity contribution in [2.75, 3.05) is 17.7 Å². The maximum atomic E-state index is 12.5. The third-order valence-electron chi connectivity index (χ3n) is 4.72. The molecule has 1 saturated carbocycles. The predicted octanol–water partition coefficient (Wildman–Crippen LogP) is 4.07. The van der Waals surface area contributed by atoms with Gasteiger partial charge in [0.25, 0.3) is 11.8 Å². The first kappa shape index (κ1) is 18.8. The molecule has 6 heteroatoms. The monoisotopic (exact) mass is 374 g/mol. The minimum absolute atomic E-state index is 0.0387. The van der Waals surface area contributed by atoms with E-state index >= 15 is 0 Å². The third-order valence-corrected chi connectivity index (χ3v) is 5.50. The van der Waals surface area contributed by atoms with Gasteiger partial charge in [-0.1, -0.05) is 32.1 Å². The summed E-state index contributed by atoms with van der Waals surface area (Å²) in [7, 11) is 0. The molecule has 1 aliphatic carbocycles. The highest BCUT2D eigenvalue weighted by Gasteiger charge is 2.16. The van der Waals surface area contributed by atoms with E-state index in [1.54, 1.807) is 41.4 Å². The van der Waals surface area contributed by atoms with E-state index in [-0.39, 0.29) is 17.9 Å². The van der Waals surface area contributed by atoms with Crippen LogP contribution < -0.4 is 10.6 Å².